The summed E-state index contributed by atoms with van der Waals surface area (Å²) in [4.78, 5) is 25.5. The molecule has 0 aliphatic carbocycles. The third kappa shape index (κ3) is 5.47. The first-order chi connectivity index (χ1) is 13.7. The topological polar surface area (TPSA) is 55.4 Å². The maximum absolute atomic E-state index is 12.5. The van der Waals surface area contributed by atoms with Crippen LogP contribution in [0.3, 0.4) is 0 Å². The minimum absolute atomic E-state index is 0.219. The van der Waals surface area contributed by atoms with Gasteiger partial charge in [0.2, 0.25) is 0 Å². The van der Waals surface area contributed by atoms with Crippen molar-refractivity contribution in [2.24, 2.45) is 0 Å². The van der Waals surface area contributed by atoms with Crippen molar-refractivity contribution in [3.05, 3.63) is 95.6 Å². The zero-order valence-electron chi connectivity index (χ0n) is 15.6. The number of hydrogen-bond acceptors (Lipinski definition) is 4. The highest BCUT2D eigenvalue weighted by atomic mass is 32.2. The molecular formula is C23H21NO3S. The van der Waals surface area contributed by atoms with Crippen LogP contribution >= 0.6 is 11.8 Å². The van der Waals surface area contributed by atoms with Gasteiger partial charge in [-0.2, -0.15) is 0 Å². The Morgan fingerprint density at radius 1 is 0.893 bits per heavy atom. The van der Waals surface area contributed by atoms with Crippen LogP contribution in [-0.2, 0) is 10.5 Å². The van der Waals surface area contributed by atoms with Gasteiger partial charge in [0, 0.05) is 21.9 Å². The number of thioether (sulfide) groups is 1. The van der Waals surface area contributed by atoms with E-state index < -0.39 is 5.97 Å². The first-order valence-electron chi connectivity index (χ1n) is 9.01. The molecule has 28 heavy (non-hydrogen) atoms. The van der Waals surface area contributed by atoms with Crippen molar-refractivity contribution in [1.29, 1.82) is 0 Å². The van der Waals surface area contributed by atoms with Crippen molar-refractivity contribution in [1.82, 2.24) is 0 Å². The first-order valence-corrected chi connectivity index (χ1v) is 9.99. The average molecular weight is 391 g/mol. The van der Waals surface area contributed by atoms with Crippen molar-refractivity contribution in [3.8, 4) is 0 Å². The monoisotopic (exact) mass is 391 g/mol. The second-order valence-electron chi connectivity index (χ2n) is 6.05. The van der Waals surface area contributed by atoms with Crippen LogP contribution in [0.2, 0.25) is 0 Å². The lowest BCUT2D eigenvalue weighted by atomic mass is 10.1. The first kappa shape index (κ1) is 19.7. The lowest BCUT2D eigenvalue weighted by molar-refractivity contribution is 0.0526. The number of ether oxygens (including phenoxy) is 1. The van der Waals surface area contributed by atoms with Crippen LogP contribution in [0.4, 0.5) is 5.69 Å². The van der Waals surface area contributed by atoms with E-state index in [0.29, 0.717) is 23.4 Å². The van der Waals surface area contributed by atoms with Gasteiger partial charge < -0.3 is 10.1 Å². The molecule has 0 fully saturated rings. The van der Waals surface area contributed by atoms with E-state index in [-0.39, 0.29) is 5.91 Å². The van der Waals surface area contributed by atoms with Gasteiger partial charge in [-0.3, -0.25) is 4.79 Å². The van der Waals surface area contributed by atoms with E-state index >= 15 is 0 Å². The summed E-state index contributed by atoms with van der Waals surface area (Å²) in [5.74, 6) is 0.218. The quantitative estimate of drug-likeness (QED) is 0.432. The lowest BCUT2D eigenvalue weighted by Gasteiger charge is -2.08. The molecule has 4 nitrogen and oxygen atoms in total. The number of carbonyl (C=O) groups excluding carboxylic acids is 2. The lowest BCUT2D eigenvalue weighted by Crippen LogP contribution is -2.12. The molecule has 0 aromatic heterocycles. The van der Waals surface area contributed by atoms with E-state index in [1.54, 1.807) is 43.0 Å². The van der Waals surface area contributed by atoms with Crippen molar-refractivity contribution >= 4 is 29.3 Å². The van der Waals surface area contributed by atoms with Gasteiger partial charge in [0.05, 0.1) is 12.2 Å². The van der Waals surface area contributed by atoms with Gasteiger partial charge in [-0.25, -0.2) is 4.79 Å². The largest absolute Gasteiger partial charge is 0.462 e. The molecule has 0 atom stereocenters. The smallest absolute Gasteiger partial charge is 0.338 e. The predicted molar refractivity (Wildman–Crippen MR) is 113 cm³/mol. The Balaban J connectivity index is 1.60. The maximum Gasteiger partial charge on any atom is 0.338 e. The van der Waals surface area contributed by atoms with Crippen LogP contribution in [-0.4, -0.2) is 18.5 Å². The highest BCUT2D eigenvalue weighted by Gasteiger charge is 2.10. The minimum atomic E-state index is -0.404. The number of carbonyl (C=O) groups is 2. The van der Waals surface area contributed by atoms with Crippen molar-refractivity contribution in [3.63, 3.8) is 0 Å². The predicted octanol–water partition coefficient (Wildman–Crippen LogP) is 5.41. The van der Waals surface area contributed by atoms with E-state index in [4.69, 9.17) is 4.74 Å². The van der Waals surface area contributed by atoms with E-state index in [1.165, 1.54) is 4.90 Å². The number of nitrogens with one attached hydrogen (secondary N) is 1. The Bertz CT molecular complexity index is 940. The van der Waals surface area contributed by atoms with E-state index in [2.05, 4.69) is 17.4 Å². The number of hydrogen-bond donors (Lipinski definition) is 1. The number of anilines is 1. The number of rotatable bonds is 7. The summed E-state index contributed by atoms with van der Waals surface area (Å²) in [6, 6.07) is 24.5. The molecule has 0 unspecified atom stereocenters. The standard InChI is InChI=1S/C23H21NO3S/c1-2-27-23(26)19-7-6-8-20(15-19)24-22(25)18-13-11-17(12-14-18)16-28-21-9-4-3-5-10-21/h3-15H,2,16H2,1H3,(H,24,25). The molecule has 0 aliphatic rings. The molecule has 3 aromatic carbocycles. The molecule has 0 saturated heterocycles. The van der Waals surface area contributed by atoms with E-state index in [1.807, 2.05) is 42.5 Å². The fourth-order valence-corrected chi connectivity index (χ4v) is 3.45. The van der Waals surface area contributed by atoms with Crippen LogP contribution < -0.4 is 5.32 Å². The van der Waals surface area contributed by atoms with Crippen LogP contribution in [0, 0.1) is 0 Å². The molecule has 1 amide bonds. The van der Waals surface area contributed by atoms with Crippen molar-refractivity contribution < 1.29 is 14.3 Å². The van der Waals surface area contributed by atoms with Gasteiger partial charge in [-0.1, -0.05) is 36.4 Å². The SMILES string of the molecule is CCOC(=O)c1cccc(NC(=O)c2ccc(CSc3ccccc3)cc2)c1. The summed E-state index contributed by atoms with van der Waals surface area (Å²) in [6.45, 7) is 2.07. The zero-order chi connectivity index (χ0) is 19.8. The summed E-state index contributed by atoms with van der Waals surface area (Å²) >= 11 is 1.75. The molecule has 142 valence electrons. The third-order valence-corrected chi connectivity index (χ3v) is 5.08. The van der Waals surface area contributed by atoms with Gasteiger partial charge in [0.25, 0.3) is 5.91 Å². The number of esters is 1. The van der Waals surface area contributed by atoms with Gasteiger partial charge in [0.1, 0.15) is 0 Å². The Morgan fingerprint density at radius 2 is 1.64 bits per heavy atom. The molecule has 0 heterocycles. The van der Waals surface area contributed by atoms with E-state index in [0.717, 1.165) is 11.3 Å². The molecule has 0 aliphatic heterocycles. The van der Waals surface area contributed by atoms with Gasteiger partial charge in [0.15, 0.2) is 0 Å². The number of benzene rings is 3. The summed E-state index contributed by atoms with van der Waals surface area (Å²) in [7, 11) is 0. The van der Waals surface area contributed by atoms with Gasteiger partial charge >= 0.3 is 5.97 Å². The molecule has 3 aromatic rings. The van der Waals surface area contributed by atoms with Gasteiger partial charge in [-0.05, 0) is 55.0 Å². The summed E-state index contributed by atoms with van der Waals surface area (Å²) < 4.78 is 4.99. The van der Waals surface area contributed by atoms with Crippen LogP contribution in [0.1, 0.15) is 33.2 Å². The molecule has 5 heteroatoms. The molecule has 0 spiro atoms. The molecular weight excluding hydrogens is 370 g/mol. The maximum atomic E-state index is 12.5. The van der Waals surface area contributed by atoms with Crippen LogP contribution in [0.25, 0.3) is 0 Å². The second-order valence-corrected chi connectivity index (χ2v) is 7.10. The Kier molecular flexibility index (Phi) is 6.87. The van der Waals surface area contributed by atoms with E-state index in [9.17, 15) is 9.59 Å². The molecule has 0 radical (unpaired) electrons. The summed E-state index contributed by atoms with van der Waals surface area (Å²) in [5, 5.41) is 2.82. The van der Waals surface area contributed by atoms with Crippen molar-refractivity contribution in [2.75, 3.05) is 11.9 Å². The minimum Gasteiger partial charge on any atom is -0.462 e. The average Bonchev–Trinajstić information content (AvgIpc) is 2.74. The Hall–Kier alpha value is -3.05. The van der Waals surface area contributed by atoms with Crippen LogP contribution in [0.5, 0.6) is 0 Å². The highest BCUT2D eigenvalue weighted by molar-refractivity contribution is 7.98. The Morgan fingerprint density at radius 3 is 2.36 bits per heavy atom. The summed E-state index contributed by atoms with van der Waals surface area (Å²) in [5.41, 5.74) is 2.68. The third-order valence-electron chi connectivity index (χ3n) is 4.00. The Labute approximate surface area is 168 Å². The fraction of sp³-hybridized carbons (Fsp3) is 0.130. The fourth-order valence-electron chi connectivity index (χ4n) is 2.58. The number of amides is 1. The summed E-state index contributed by atoms with van der Waals surface area (Å²) in [6.07, 6.45) is 0. The second kappa shape index (κ2) is 9.76. The molecule has 1 N–H and O–H groups in total. The van der Waals surface area contributed by atoms with Gasteiger partial charge in [-0.15, -0.1) is 11.8 Å². The highest BCUT2D eigenvalue weighted by Crippen LogP contribution is 2.22. The normalized spacial score (nSPS) is 10.3. The van der Waals surface area contributed by atoms with Crippen molar-refractivity contribution in [2.45, 2.75) is 17.6 Å². The zero-order valence-corrected chi connectivity index (χ0v) is 16.4. The van der Waals surface area contributed by atoms with Crippen LogP contribution in [0.15, 0.2) is 83.8 Å². The molecule has 0 saturated carbocycles. The molecule has 3 rings (SSSR count). The molecule has 0 bridgehead atoms.